The SMILES string of the molecule is C=CC[P+](/C=C/OCC)(c1ccccc1)N(C)C. The molecule has 0 aromatic heterocycles. The Morgan fingerprint density at radius 1 is 1.28 bits per heavy atom. The molecule has 0 amide bonds. The minimum absolute atomic E-state index is 0.701. The number of rotatable bonds is 7. The molecule has 0 saturated heterocycles. The van der Waals surface area contributed by atoms with Crippen molar-refractivity contribution in [3.63, 3.8) is 0 Å². The van der Waals surface area contributed by atoms with Gasteiger partial charge in [-0.15, -0.1) is 0 Å². The van der Waals surface area contributed by atoms with Crippen LogP contribution in [0.2, 0.25) is 0 Å². The maximum atomic E-state index is 5.39. The fourth-order valence-electron chi connectivity index (χ4n) is 1.90. The molecule has 0 bridgehead atoms. The molecule has 0 saturated carbocycles. The molecule has 1 aromatic rings. The summed E-state index contributed by atoms with van der Waals surface area (Å²) in [6.07, 6.45) is 4.79. The van der Waals surface area contributed by atoms with Gasteiger partial charge in [-0.2, -0.15) is 4.67 Å². The predicted octanol–water partition coefficient (Wildman–Crippen LogP) is 3.50. The van der Waals surface area contributed by atoms with Gasteiger partial charge in [0.2, 0.25) is 0 Å². The number of hydrogen-bond donors (Lipinski definition) is 0. The Morgan fingerprint density at radius 2 is 1.94 bits per heavy atom. The summed E-state index contributed by atoms with van der Waals surface area (Å²) < 4.78 is 7.70. The summed E-state index contributed by atoms with van der Waals surface area (Å²) in [6.45, 7) is 6.61. The molecule has 1 aromatic carbocycles. The van der Waals surface area contributed by atoms with Gasteiger partial charge in [-0.3, -0.25) is 0 Å². The Hall–Kier alpha value is -1.11. The van der Waals surface area contributed by atoms with Gasteiger partial charge < -0.3 is 4.74 Å². The quantitative estimate of drug-likeness (QED) is 0.424. The summed E-state index contributed by atoms with van der Waals surface area (Å²) in [5.41, 5.74) is 0. The number of benzene rings is 1. The lowest BCUT2D eigenvalue weighted by Gasteiger charge is -2.28. The summed E-state index contributed by atoms with van der Waals surface area (Å²) in [7, 11) is 2.71. The van der Waals surface area contributed by atoms with Crippen LogP contribution < -0.4 is 5.30 Å². The van der Waals surface area contributed by atoms with Crippen LogP contribution in [0.4, 0.5) is 0 Å². The molecule has 98 valence electrons. The molecule has 3 heteroatoms. The summed E-state index contributed by atoms with van der Waals surface area (Å²) >= 11 is 0. The summed E-state index contributed by atoms with van der Waals surface area (Å²) in [6, 6.07) is 10.6. The van der Waals surface area contributed by atoms with Gasteiger partial charge in [0.1, 0.15) is 31.0 Å². The van der Waals surface area contributed by atoms with E-state index in [-0.39, 0.29) is 0 Å². The van der Waals surface area contributed by atoms with E-state index in [1.54, 1.807) is 0 Å². The first-order valence-electron chi connectivity index (χ1n) is 6.18. The van der Waals surface area contributed by atoms with Crippen LogP contribution in [0.25, 0.3) is 0 Å². The van der Waals surface area contributed by atoms with Gasteiger partial charge in [0, 0.05) is 14.1 Å². The third kappa shape index (κ3) is 3.44. The van der Waals surface area contributed by atoms with Gasteiger partial charge >= 0.3 is 0 Å². The van der Waals surface area contributed by atoms with Crippen LogP contribution in [0.15, 0.2) is 55.1 Å². The Kier molecular flexibility index (Phi) is 6.11. The number of hydrogen-bond acceptors (Lipinski definition) is 2. The highest BCUT2D eigenvalue weighted by Crippen LogP contribution is 2.60. The minimum atomic E-state index is -1.54. The van der Waals surface area contributed by atoms with Crippen molar-refractivity contribution >= 4 is 12.7 Å². The molecule has 1 rings (SSSR count). The van der Waals surface area contributed by atoms with Gasteiger partial charge in [-0.25, -0.2) is 0 Å². The third-order valence-corrected chi connectivity index (χ3v) is 6.94. The van der Waals surface area contributed by atoms with Gasteiger partial charge in [0.15, 0.2) is 0 Å². The third-order valence-electron chi connectivity index (χ3n) is 2.89. The topological polar surface area (TPSA) is 12.5 Å². The van der Waals surface area contributed by atoms with Crippen LogP contribution in [0.1, 0.15) is 6.92 Å². The molecule has 0 radical (unpaired) electrons. The summed E-state index contributed by atoms with van der Waals surface area (Å²) in [5.74, 6) is 2.22. The lowest BCUT2D eigenvalue weighted by molar-refractivity contribution is 0.270. The zero-order chi connectivity index (χ0) is 13.4. The average molecular weight is 264 g/mol. The van der Waals surface area contributed by atoms with Crippen molar-refractivity contribution in [3.05, 3.63) is 55.1 Å². The zero-order valence-electron chi connectivity index (χ0n) is 11.5. The summed E-state index contributed by atoms with van der Waals surface area (Å²) in [4.78, 5) is 0. The van der Waals surface area contributed by atoms with Crippen LogP contribution in [0.3, 0.4) is 0 Å². The van der Waals surface area contributed by atoms with Crippen molar-refractivity contribution in [2.75, 3.05) is 26.9 Å². The van der Waals surface area contributed by atoms with Crippen molar-refractivity contribution in [3.8, 4) is 0 Å². The molecule has 1 unspecified atom stereocenters. The molecule has 0 aliphatic rings. The highest BCUT2D eigenvalue weighted by molar-refractivity contribution is 7.83. The number of ether oxygens (including phenoxy) is 1. The van der Waals surface area contributed by atoms with Crippen molar-refractivity contribution in [2.45, 2.75) is 6.92 Å². The second kappa shape index (κ2) is 7.35. The van der Waals surface area contributed by atoms with Gasteiger partial charge in [0.05, 0.1) is 6.61 Å². The monoisotopic (exact) mass is 264 g/mol. The van der Waals surface area contributed by atoms with E-state index in [1.165, 1.54) is 5.30 Å². The summed E-state index contributed by atoms with van der Waals surface area (Å²) in [5, 5.41) is 1.35. The van der Waals surface area contributed by atoms with Crippen molar-refractivity contribution in [1.29, 1.82) is 0 Å². The van der Waals surface area contributed by atoms with E-state index in [0.717, 1.165) is 6.16 Å². The van der Waals surface area contributed by atoms with Gasteiger partial charge in [-0.1, -0.05) is 30.9 Å². The van der Waals surface area contributed by atoms with Gasteiger partial charge in [0.25, 0.3) is 0 Å². The average Bonchev–Trinajstić information content (AvgIpc) is 2.38. The first-order valence-corrected chi connectivity index (χ1v) is 8.18. The highest BCUT2D eigenvalue weighted by Gasteiger charge is 2.39. The van der Waals surface area contributed by atoms with Crippen LogP contribution in [-0.4, -0.2) is 31.5 Å². The highest BCUT2D eigenvalue weighted by atomic mass is 31.2. The molecule has 18 heavy (non-hydrogen) atoms. The lowest BCUT2D eigenvalue weighted by atomic mass is 10.4. The largest absolute Gasteiger partial charge is 0.498 e. The van der Waals surface area contributed by atoms with E-state index < -0.39 is 7.41 Å². The second-order valence-electron chi connectivity index (χ2n) is 4.22. The molecule has 2 nitrogen and oxygen atoms in total. The fourth-order valence-corrected chi connectivity index (χ4v) is 4.83. The molecule has 1 atom stereocenters. The molecule has 0 aliphatic heterocycles. The Bertz CT molecular complexity index is 389. The number of nitrogens with zero attached hydrogens (tertiary/aromatic N) is 1. The van der Waals surface area contributed by atoms with Crippen LogP contribution in [0, 0.1) is 0 Å². The minimum Gasteiger partial charge on any atom is -0.498 e. The van der Waals surface area contributed by atoms with E-state index in [9.17, 15) is 0 Å². The maximum Gasteiger partial charge on any atom is 0.147 e. The standard InChI is InChI=1S/C15H23NOP/c1-5-13-18(16(3)4,14-12-17-6-2)15-10-8-7-9-11-15/h5,7-12,14H,1,6,13H2,2-4H3/q+1/b14-12+. The van der Waals surface area contributed by atoms with E-state index in [4.69, 9.17) is 4.74 Å². The fraction of sp³-hybridized carbons (Fsp3) is 0.333. The zero-order valence-corrected chi connectivity index (χ0v) is 12.4. The number of allylic oxidation sites excluding steroid dienone is 1. The Morgan fingerprint density at radius 3 is 2.44 bits per heavy atom. The van der Waals surface area contributed by atoms with Crippen molar-refractivity contribution in [1.82, 2.24) is 4.67 Å². The molecule has 0 heterocycles. The van der Waals surface area contributed by atoms with E-state index >= 15 is 0 Å². The Labute approximate surface area is 111 Å². The molecule has 0 fully saturated rings. The smallest absolute Gasteiger partial charge is 0.147 e. The van der Waals surface area contributed by atoms with Crippen molar-refractivity contribution < 1.29 is 4.74 Å². The lowest BCUT2D eigenvalue weighted by Crippen LogP contribution is -2.25. The van der Waals surface area contributed by atoms with Crippen LogP contribution in [0.5, 0.6) is 0 Å². The Balaban J connectivity index is 3.17. The molecular weight excluding hydrogens is 241 g/mol. The maximum absolute atomic E-state index is 5.39. The second-order valence-corrected chi connectivity index (χ2v) is 7.85. The molecule has 0 spiro atoms. The predicted molar refractivity (Wildman–Crippen MR) is 82.5 cm³/mol. The first-order chi connectivity index (χ1) is 8.67. The normalized spacial score (nSPS) is 14.7. The van der Waals surface area contributed by atoms with E-state index in [1.807, 2.05) is 25.3 Å². The van der Waals surface area contributed by atoms with Crippen LogP contribution in [-0.2, 0) is 4.74 Å². The molecule has 0 aliphatic carbocycles. The first kappa shape index (κ1) is 14.9. The molecule has 0 N–H and O–H groups in total. The van der Waals surface area contributed by atoms with Gasteiger partial charge in [-0.05, 0) is 19.1 Å². The van der Waals surface area contributed by atoms with Crippen LogP contribution >= 0.6 is 7.41 Å². The van der Waals surface area contributed by atoms with E-state index in [2.05, 4.69) is 55.4 Å². The molecular formula is C15H23NOP+. The van der Waals surface area contributed by atoms with Crippen molar-refractivity contribution in [2.24, 2.45) is 0 Å². The van der Waals surface area contributed by atoms with E-state index in [0.29, 0.717) is 6.61 Å².